The van der Waals surface area contributed by atoms with E-state index in [9.17, 15) is 49.5 Å². The maximum Gasteiger partial charge on any atom is 0.338 e. The molecule has 1 aromatic heterocycles. The largest absolute Gasteiger partial charge is 0.480 e. The van der Waals surface area contributed by atoms with E-state index in [0.29, 0.717) is 0 Å². The van der Waals surface area contributed by atoms with E-state index in [0.717, 1.165) is 28.0 Å². The molecule has 11 atom stereocenters. The molecule has 0 aliphatic carbocycles. The molecular weight excluding hydrogens is 678 g/mol. The Bertz CT molecular complexity index is 1800. The maximum atomic E-state index is 13.4. The first-order valence-electron chi connectivity index (χ1n) is 15.6. The van der Waals surface area contributed by atoms with Crippen molar-refractivity contribution in [1.82, 2.24) is 14.9 Å². The number of hydrogen-bond donors (Lipinski definition) is 9. The van der Waals surface area contributed by atoms with Crippen LogP contribution in [0.3, 0.4) is 0 Å². The number of benzene rings is 2. The van der Waals surface area contributed by atoms with Crippen LogP contribution in [0.15, 0.2) is 76.4 Å². The van der Waals surface area contributed by atoms with Gasteiger partial charge in [0.25, 0.3) is 5.56 Å². The Kier molecular flexibility index (Phi) is 11.8. The van der Waals surface area contributed by atoms with Gasteiger partial charge < -0.3 is 61.3 Å². The summed E-state index contributed by atoms with van der Waals surface area (Å²) in [6.45, 7) is -1.10. The molecule has 0 spiro atoms. The third kappa shape index (κ3) is 8.22. The summed E-state index contributed by atoms with van der Waals surface area (Å²) < 4.78 is 22.8. The van der Waals surface area contributed by atoms with E-state index in [1.807, 2.05) is 35.3 Å². The van der Waals surface area contributed by atoms with Crippen molar-refractivity contribution in [3.63, 3.8) is 0 Å². The Morgan fingerprint density at radius 1 is 0.902 bits per heavy atom. The van der Waals surface area contributed by atoms with E-state index in [1.54, 1.807) is 12.1 Å². The Balaban J connectivity index is 1.31. The number of aliphatic carboxylic acids is 1. The fourth-order valence-electron chi connectivity index (χ4n) is 5.62. The number of rotatable bonds is 13. The molecule has 19 nitrogen and oxygen atoms in total. The number of aliphatic hydroxyl groups is 4. The molecule has 2 aliphatic rings. The minimum atomic E-state index is -1.96. The van der Waals surface area contributed by atoms with Crippen LogP contribution in [0, 0.1) is 0 Å². The number of aliphatic hydroxyl groups excluding tert-OH is 4. The van der Waals surface area contributed by atoms with Crippen molar-refractivity contribution in [2.45, 2.75) is 67.3 Å². The molecule has 3 heterocycles. The lowest BCUT2D eigenvalue weighted by Gasteiger charge is -2.33. The number of ether oxygens (including phenoxy) is 4. The maximum absolute atomic E-state index is 13.4. The topological polar surface area (TPSA) is 308 Å². The minimum Gasteiger partial charge on any atom is -0.480 e. The highest BCUT2D eigenvalue weighted by Gasteiger charge is 2.53. The number of esters is 1. The quantitative estimate of drug-likeness (QED) is 0.0771. The number of nitrogens with one attached hydrogen (secondary N) is 2. The molecule has 0 saturated carbocycles. The first kappa shape index (κ1) is 37.4. The second-order valence-electron chi connectivity index (χ2n) is 11.8. The third-order valence-electron chi connectivity index (χ3n) is 8.45. The number of nitrogens with two attached hydrogens (primary N) is 2. The summed E-state index contributed by atoms with van der Waals surface area (Å²) in [6, 6.07) is 12.8. The van der Waals surface area contributed by atoms with Crippen molar-refractivity contribution in [1.29, 1.82) is 0 Å². The van der Waals surface area contributed by atoms with Gasteiger partial charge >= 0.3 is 17.6 Å². The molecule has 11 N–H and O–H groups in total. The van der Waals surface area contributed by atoms with Gasteiger partial charge in [0.15, 0.2) is 18.6 Å². The summed E-state index contributed by atoms with van der Waals surface area (Å²) >= 11 is 0. The van der Waals surface area contributed by atoms with Crippen LogP contribution in [-0.4, -0.2) is 127 Å². The van der Waals surface area contributed by atoms with Crippen LogP contribution in [0.5, 0.6) is 0 Å². The van der Waals surface area contributed by atoms with Gasteiger partial charge in [0.1, 0.15) is 55.4 Å². The Hall–Kier alpha value is -4.83. The lowest BCUT2D eigenvalue weighted by molar-refractivity contribution is -0.224. The molecule has 2 fully saturated rings. The van der Waals surface area contributed by atoms with Gasteiger partial charge in [0.2, 0.25) is 5.91 Å². The fraction of sp³-hybridized carbons (Fsp3) is 0.406. The van der Waals surface area contributed by atoms with Crippen LogP contribution >= 0.6 is 0 Å². The van der Waals surface area contributed by atoms with Crippen molar-refractivity contribution >= 4 is 17.8 Å². The van der Waals surface area contributed by atoms with E-state index >= 15 is 0 Å². The standard InChI is InChI=1S/C32H37N5O14/c33-12-18-21(39)24(42)31(49-18)51-25(26-22(40)23(41)28(50-26)37-11-10-19(38)36-32(37)47)20(34)27(43)35-17(29(44)45)13-48-30(46)16-8-6-15(7-9-16)14-4-2-1-3-5-14/h1-11,17-18,20-26,28,31,39-42H,12-13,33-34H2,(H,35,43)(H,44,45)(H,36,38,47)/t17-,18-,20+,21-,22+,23-,24-,25+,26+,28-,31+/m1/s1. The lowest BCUT2D eigenvalue weighted by atomic mass is 9.98. The number of carboxylic acid groups (broad SMARTS) is 1. The molecule has 3 aromatic rings. The Morgan fingerprint density at radius 2 is 1.57 bits per heavy atom. The molecule has 19 heteroatoms. The summed E-state index contributed by atoms with van der Waals surface area (Å²) in [7, 11) is 0. The molecule has 2 aliphatic heterocycles. The Morgan fingerprint density at radius 3 is 2.18 bits per heavy atom. The molecule has 2 saturated heterocycles. The van der Waals surface area contributed by atoms with Gasteiger partial charge in [-0.25, -0.2) is 14.4 Å². The number of amides is 1. The predicted octanol–water partition coefficient (Wildman–Crippen LogP) is -3.63. The van der Waals surface area contributed by atoms with E-state index in [-0.39, 0.29) is 12.1 Å². The van der Waals surface area contributed by atoms with Crippen LogP contribution in [0.2, 0.25) is 0 Å². The zero-order valence-electron chi connectivity index (χ0n) is 26.6. The van der Waals surface area contributed by atoms with Crippen LogP contribution < -0.4 is 28.0 Å². The molecule has 0 unspecified atom stereocenters. The second-order valence-corrected chi connectivity index (χ2v) is 11.8. The van der Waals surface area contributed by atoms with Gasteiger partial charge in [-0.2, -0.15) is 0 Å². The summed E-state index contributed by atoms with van der Waals surface area (Å²) in [5, 5.41) is 54.5. The smallest absolute Gasteiger partial charge is 0.338 e. The number of H-pyrrole nitrogens is 1. The van der Waals surface area contributed by atoms with Crippen LogP contribution in [0.4, 0.5) is 0 Å². The highest BCUT2D eigenvalue weighted by molar-refractivity contribution is 5.91. The lowest BCUT2D eigenvalue weighted by Crippen LogP contribution is -2.60. The number of aromatic amines is 1. The fourth-order valence-corrected chi connectivity index (χ4v) is 5.62. The normalized spacial score (nSPS) is 27.7. The summed E-state index contributed by atoms with van der Waals surface area (Å²) in [5.74, 6) is -3.75. The second kappa shape index (κ2) is 16.0. The number of hydrogen-bond acceptors (Lipinski definition) is 15. The predicted molar refractivity (Wildman–Crippen MR) is 172 cm³/mol. The zero-order valence-corrected chi connectivity index (χ0v) is 26.6. The highest BCUT2D eigenvalue weighted by Crippen LogP contribution is 2.34. The molecule has 2 aromatic carbocycles. The summed E-state index contributed by atoms with van der Waals surface area (Å²) in [4.78, 5) is 64.2. The molecule has 0 bridgehead atoms. The molecule has 5 rings (SSSR count). The monoisotopic (exact) mass is 715 g/mol. The van der Waals surface area contributed by atoms with Crippen LogP contribution in [-0.2, 0) is 28.5 Å². The highest BCUT2D eigenvalue weighted by atomic mass is 16.7. The van der Waals surface area contributed by atoms with E-state index in [4.69, 9.17) is 30.4 Å². The van der Waals surface area contributed by atoms with Crippen LogP contribution in [0.1, 0.15) is 16.6 Å². The van der Waals surface area contributed by atoms with Gasteiger partial charge in [-0.05, 0) is 23.3 Å². The molecule has 1 amide bonds. The number of aromatic nitrogens is 2. The summed E-state index contributed by atoms with van der Waals surface area (Å²) in [5.41, 5.74) is 11.8. The van der Waals surface area contributed by atoms with E-state index in [1.165, 1.54) is 12.1 Å². The number of carbonyl (C=O) groups is 3. The number of carbonyl (C=O) groups excluding carboxylic acids is 2. The number of nitrogens with zero attached hydrogens (tertiary/aromatic N) is 1. The van der Waals surface area contributed by atoms with Crippen LogP contribution in [0.25, 0.3) is 11.1 Å². The van der Waals surface area contributed by atoms with Gasteiger partial charge in [-0.3, -0.25) is 19.1 Å². The minimum absolute atomic E-state index is 0.102. The van der Waals surface area contributed by atoms with Gasteiger partial charge in [-0.15, -0.1) is 0 Å². The molecule has 0 radical (unpaired) electrons. The molecular formula is C32H37N5O14. The molecule has 51 heavy (non-hydrogen) atoms. The Labute approximate surface area is 287 Å². The average molecular weight is 716 g/mol. The van der Waals surface area contributed by atoms with Crippen molar-refractivity contribution in [3.8, 4) is 11.1 Å². The number of carboxylic acids is 1. The van der Waals surface area contributed by atoms with Crippen molar-refractivity contribution in [3.05, 3.63) is 93.3 Å². The van der Waals surface area contributed by atoms with E-state index in [2.05, 4.69) is 5.32 Å². The van der Waals surface area contributed by atoms with Crippen molar-refractivity contribution < 1.29 is 58.9 Å². The van der Waals surface area contributed by atoms with Crippen molar-refractivity contribution in [2.24, 2.45) is 11.5 Å². The first-order valence-corrected chi connectivity index (χ1v) is 15.6. The van der Waals surface area contributed by atoms with E-state index < -0.39 is 103 Å². The van der Waals surface area contributed by atoms with Gasteiger partial charge in [-0.1, -0.05) is 42.5 Å². The third-order valence-corrected chi connectivity index (χ3v) is 8.45. The van der Waals surface area contributed by atoms with Gasteiger partial charge in [0.05, 0.1) is 5.56 Å². The average Bonchev–Trinajstić information content (AvgIpc) is 3.57. The summed E-state index contributed by atoms with van der Waals surface area (Å²) in [6.07, 6.45) is -14.2. The first-order chi connectivity index (χ1) is 24.3. The zero-order chi connectivity index (χ0) is 37.0. The SMILES string of the molecule is NC[C@H]1O[C@@H](O[C@H]([C@H]2O[C@@H](n3ccc(=O)[nH]c3=O)[C@H](O)[C@@H]2O)[C@H](N)C(=O)N[C@H](COC(=O)c2ccc(-c3ccccc3)cc2)C(=O)O)[C@H](O)[C@@H]1O. The van der Waals surface area contributed by atoms with Gasteiger partial charge in [0, 0.05) is 18.8 Å². The van der Waals surface area contributed by atoms with Crippen molar-refractivity contribution in [2.75, 3.05) is 13.2 Å². The molecule has 274 valence electrons.